The fourth-order valence-electron chi connectivity index (χ4n) is 3.07. The Hall–Kier alpha value is -1.90. The molecule has 0 spiro atoms. The van der Waals surface area contributed by atoms with Crippen LogP contribution >= 0.6 is 23.1 Å². The van der Waals surface area contributed by atoms with Crippen molar-refractivity contribution in [2.75, 3.05) is 0 Å². The summed E-state index contributed by atoms with van der Waals surface area (Å²) in [5, 5.41) is 11.6. The van der Waals surface area contributed by atoms with Crippen molar-refractivity contribution in [3.8, 4) is 6.07 Å². The van der Waals surface area contributed by atoms with Crippen LogP contribution in [0, 0.1) is 18.3 Å². The highest BCUT2D eigenvalue weighted by Gasteiger charge is 2.22. The van der Waals surface area contributed by atoms with E-state index in [9.17, 15) is 5.26 Å². The van der Waals surface area contributed by atoms with E-state index in [4.69, 9.17) is 4.98 Å². The van der Waals surface area contributed by atoms with E-state index in [1.54, 1.807) is 11.8 Å². The first-order valence-corrected chi connectivity index (χ1v) is 9.46. The molecule has 3 aromatic rings. The topological polar surface area (TPSA) is 49.6 Å². The molecule has 0 amide bonds. The Balaban J connectivity index is 1.73. The molecule has 0 atom stereocenters. The predicted molar refractivity (Wildman–Crippen MR) is 94.9 cm³/mol. The summed E-state index contributed by atoms with van der Waals surface area (Å²) in [7, 11) is 0. The molecule has 1 aliphatic rings. The van der Waals surface area contributed by atoms with Gasteiger partial charge in [0.2, 0.25) is 0 Å². The van der Waals surface area contributed by atoms with Gasteiger partial charge in [0.15, 0.2) is 0 Å². The standard InChI is InChI=1S/C18H15N3S2/c1-11-20-17(22-10-13-6-3-2-5-12(13)9-19)16-14-7-4-8-15(14)23-18(16)21-11/h2-3,5-6H,4,7-8,10H2,1H3. The van der Waals surface area contributed by atoms with Crippen LogP contribution in [0.3, 0.4) is 0 Å². The van der Waals surface area contributed by atoms with E-state index in [0.29, 0.717) is 0 Å². The second-order valence-corrected chi connectivity index (χ2v) is 7.72. The summed E-state index contributed by atoms with van der Waals surface area (Å²) in [6.07, 6.45) is 3.56. The second-order valence-electron chi connectivity index (χ2n) is 5.67. The maximum Gasteiger partial charge on any atom is 0.128 e. The van der Waals surface area contributed by atoms with Gasteiger partial charge in [-0.3, -0.25) is 0 Å². The highest BCUT2D eigenvalue weighted by molar-refractivity contribution is 7.98. The highest BCUT2D eigenvalue weighted by Crippen LogP contribution is 2.41. The average molecular weight is 337 g/mol. The van der Waals surface area contributed by atoms with Gasteiger partial charge in [-0.05, 0) is 43.4 Å². The molecule has 1 aromatic carbocycles. The van der Waals surface area contributed by atoms with Gasteiger partial charge in [0, 0.05) is 16.0 Å². The number of hydrogen-bond acceptors (Lipinski definition) is 5. The minimum Gasteiger partial charge on any atom is -0.226 e. The average Bonchev–Trinajstić information content (AvgIpc) is 3.13. The summed E-state index contributed by atoms with van der Waals surface area (Å²) in [6.45, 7) is 1.96. The molecule has 1 aliphatic carbocycles. The van der Waals surface area contributed by atoms with Crippen LogP contribution in [-0.4, -0.2) is 9.97 Å². The van der Waals surface area contributed by atoms with Crippen molar-refractivity contribution in [3.63, 3.8) is 0 Å². The molecule has 0 radical (unpaired) electrons. The van der Waals surface area contributed by atoms with E-state index in [0.717, 1.165) is 39.0 Å². The van der Waals surface area contributed by atoms with Gasteiger partial charge in [-0.1, -0.05) is 18.2 Å². The van der Waals surface area contributed by atoms with Gasteiger partial charge in [0.25, 0.3) is 0 Å². The molecule has 0 aliphatic heterocycles. The van der Waals surface area contributed by atoms with Gasteiger partial charge in [0.1, 0.15) is 15.7 Å². The number of aromatic nitrogens is 2. The van der Waals surface area contributed by atoms with E-state index in [1.807, 2.05) is 42.5 Å². The molecule has 23 heavy (non-hydrogen) atoms. The maximum absolute atomic E-state index is 9.24. The van der Waals surface area contributed by atoms with E-state index < -0.39 is 0 Å². The quantitative estimate of drug-likeness (QED) is 0.515. The van der Waals surface area contributed by atoms with Gasteiger partial charge in [-0.15, -0.1) is 23.1 Å². The van der Waals surface area contributed by atoms with Crippen LogP contribution < -0.4 is 0 Å². The number of hydrogen-bond donors (Lipinski definition) is 0. The number of thioether (sulfide) groups is 1. The van der Waals surface area contributed by atoms with Gasteiger partial charge in [-0.25, -0.2) is 9.97 Å². The van der Waals surface area contributed by atoms with E-state index in [1.165, 1.54) is 28.7 Å². The number of thiophene rings is 1. The second kappa shape index (κ2) is 5.95. The first-order valence-electron chi connectivity index (χ1n) is 7.66. The van der Waals surface area contributed by atoms with Crippen LogP contribution in [0.1, 0.15) is 33.8 Å². The molecular weight excluding hydrogens is 322 g/mol. The van der Waals surface area contributed by atoms with Crippen molar-refractivity contribution in [2.24, 2.45) is 0 Å². The van der Waals surface area contributed by atoms with Gasteiger partial charge >= 0.3 is 0 Å². The number of nitriles is 1. The molecule has 4 rings (SSSR count). The Morgan fingerprint density at radius 2 is 2.13 bits per heavy atom. The molecule has 114 valence electrons. The summed E-state index contributed by atoms with van der Waals surface area (Å²) in [4.78, 5) is 11.9. The first kappa shape index (κ1) is 14.7. The van der Waals surface area contributed by atoms with Crippen molar-refractivity contribution in [1.82, 2.24) is 9.97 Å². The van der Waals surface area contributed by atoms with E-state index in [2.05, 4.69) is 11.1 Å². The predicted octanol–water partition coefficient (Wildman–Crippen LogP) is 4.65. The summed E-state index contributed by atoms with van der Waals surface area (Å²) in [5.74, 6) is 1.59. The largest absolute Gasteiger partial charge is 0.226 e. The molecule has 0 saturated carbocycles. The smallest absolute Gasteiger partial charge is 0.128 e. The van der Waals surface area contributed by atoms with Crippen LogP contribution in [0.5, 0.6) is 0 Å². The SMILES string of the molecule is Cc1nc(SCc2ccccc2C#N)c2c3c(sc2n1)CCC3. The lowest BCUT2D eigenvalue weighted by atomic mass is 10.1. The summed E-state index contributed by atoms with van der Waals surface area (Å²) in [5.41, 5.74) is 3.27. The van der Waals surface area contributed by atoms with Gasteiger partial charge < -0.3 is 0 Å². The Kier molecular flexibility index (Phi) is 3.80. The Morgan fingerprint density at radius 3 is 3.00 bits per heavy atom. The maximum atomic E-state index is 9.24. The van der Waals surface area contributed by atoms with Crippen molar-refractivity contribution in [1.29, 1.82) is 5.26 Å². The third-order valence-electron chi connectivity index (χ3n) is 4.15. The Bertz CT molecular complexity index is 937. The zero-order valence-corrected chi connectivity index (χ0v) is 14.4. The fraction of sp³-hybridized carbons (Fsp3) is 0.278. The van der Waals surface area contributed by atoms with Crippen LogP contribution in [-0.2, 0) is 18.6 Å². The molecule has 0 N–H and O–H groups in total. The molecule has 2 aromatic heterocycles. The Morgan fingerprint density at radius 1 is 1.26 bits per heavy atom. The normalized spacial score (nSPS) is 13.2. The van der Waals surface area contributed by atoms with E-state index in [-0.39, 0.29) is 0 Å². The van der Waals surface area contributed by atoms with Crippen LogP contribution in [0.15, 0.2) is 29.3 Å². The lowest BCUT2D eigenvalue weighted by molar-refractivity contribution is 0.914. The van der Waals surface area contributed by atoms with Crippen LogP contribution in [0.2, 0.25) is 0 Å². The minimum absolute atomic E-state index is 0.748. The molecule has 0 saturated heterocycles. The van der Waals surface area contributed by atoms with Gasteiger partial charge in [0.05, 0.1) is 11.6 Å². The fourth-order valence-corrected chi connectivity index (χ4v) is 5.55. The summed E-state index contributed by atoms with van der Waals surface area (Å²) >= 11 is 3.55. The van der Waals surface area contributed by atoms with Crippen molar-refractivity contribution in [2.45, 2.75) is 37.0 Å². The third-order valence-corrected chi connectivity index (χ3v) is 6.36. The minimum atomic E-state index is 0.748. The molecule has 5 heteroatoms. The molecule has 0 bridgehead atoms. The molecule has 0 unspecified atom stereocenters. The first-order chi connectivity index (χ1) is 11.3. The molecule has 2 heterocycles. The van der Waals surface area contributed by atoms with Crippen LogP contribution in [0.4, 0.5) is 0 Å². The number of fused-ring (bicyclic) bond motifs is 3. The third kappa shape index (κ3) is 2.62. The van der Waals surface area contributed by atoms with Crippen molar-refractivity contribution < 1.29 is 0 Å². The highest BCUT2D eigenvalue weighted by atomic mass is 32.2. The molecule has 0 fully saturated rings. The van der Waals surface area contributed by atoms with Gasteiger partial charge in [-0.2, -0.15) is 5.26 Å². The Labute approximate surface area is 143 Å². The summed E-state index contributed by atoms with van der Waals surface area (Å²) < 4.78 is 0. The number of benzene rings is 1. The lowest BCUT2D eigenvalue weighted by Gasteiger charge is -2.07. The monoisotopic (exact) mass is 337 g/mol. The number of rotatable bonds is 3. The number of aryl methyl sites for hydroxylation is 3. The zero-order chi connectivity index (χ0) is 15.8. The molecule has 3 nitrogen and oxygen atoms in total. The summed E-state index contributed by atoms with van der Waals surface area (Å²) in [6, 6.07) is 10.1. The van der Waals surface area contributed by atoms with Crippen molar-refractivity contribution in [3.05, 3.63) is 51.7 Å². The number of nitrogens with zero attached hydrogens (tertiary/aromatic N) is 3. The molecular formula is C18H15N3S2. The van der Waals surface area contributed by atoms with Crippen LogP contribution in [0.25, 0.3) is 10.2 Å². The lowest BCUT2D eigenvalue weighted by Crippen LogP contribution is -1.93. The zero-order valence-electron chi connectivity index (χ0n) is 12.8. The van der Waals surface area contributed by atoms with Crippen molar-refractivity contribution >= 4 is 33.3 Å². The van der Waals surface area contributed by atoms with E-state index >= 15 is 0 Å².